The van der Waals surface area contributed by atoms with Crippen molar-refractivity contribution >= 4 is 11.9 Å². The van der Waals surface area contributed by atoms with Gasteiger partial charge in [-0.3, -0.25) is 0 Å². The van der Waals surface area contributed by atoms with E-state index in [4.69, 9.17) is 33.2 Å². The van der Waals surface area contributed by atoms with Crippen LogP contribution in [0.2, 0.25) is 0 Å². The Morgan fingerprint density at radius 2 is 0.754 bits per heavy atom. The monoisotopic (exact) mass is 987 g/mol. The number of hydrogen-bond donors (Lipinski definition) is 2. The summed E-state index contributed by atoms with van der Waals surface area (Å²) in [6.07, 6.45) is 32.0. The number of rotatable bonds is 50. The summed E-state index contributed by atoms with van der Waals surface area (Å²) in [6, 6.07) is 0. The van der Waals surface area contributed by atoms with Crippen LogP contribution in [-0.4, -0.2) is 109 Å². The summed E-state index contributed by atoms with van der Waals surface area (Å²) in [6.45, 7) is 25.6. The van der Waals surface area contributed by atoms with Gasteiger partial charge in [0.1, 0.15) is 6.10 Å². The molecule has 412 valence electrons. The Kier molecular flexibility index (Phi) is 40.3. The van der Waals surface area contributed by atoms with Crippen LogP contribution < -0.4 is 0 Å². The maximum atomic E-state index is 12.9. The van der Waals surface area contributed by atoms with Gasteiger partial charge >= 0.3 is 11.9 Å². The van der Waals surface area contributed by atoms with Crippen molar-refractivity contribution in [3.8, 4) is 0 Å². The molecule has 0 aromatic rings. The van der Waals surface area contributed by atoms with Crippen molar-refractivity contribution in [3.63, 3.8) is 0 Å². The zero-order valence-electron chi connectivity index (χ0n) is 47.3. The van der Waals surface area contributed by atoms with Crippen molar-refractivity contribution in [2.45, 2.75) is 323 Å². The molecule has 0 aliphatic heterocycles. The van der Waals surface area contributed by atoms with Gasteiger partial charge in [-0.05, 0) is 121 Å². The van der Waals surface area contributed by atoms with Crippen molar-refractivity contribution in [1.29, 1.82) is 0 Å². The van der Waals surface area contributed by atoms with Gasteiger partial charge in [-0.1, -0.05) is 155 Å². The fourth-order valence-electron chi connectivity index (χ4n) is 8.20. The SMILES string of the molecule is CCCCCCC(O)CCCCCCCCCCOC(=O)C(C)(C)OCCC(C)(C)OCC(COC(C)C)OC(C)(C)CCOC(C)(C)C(=O)OCCCCCCCCCCC(O)CCCCCC. The van der Waals surface area contributed by atoms with Crippen LogP contribution in [0.5, 0.6) is 0 Å². The van der Waals surface area contributed by atoms with E-state index in [1.165, 1.54) is 89.9 Å². The second kappa shape index (κ2) is 41.1. The lowest BCUT2D eigenvalue weighted by Crippen LogP contribution is -2.42. The van der Waals surface area contributed by atoms with E-state index in [2.05, 4.69) is 13.8 Å². The largest absolute Gasteiger partial charge is 0.464 e. The minimum absolute atomic E-state index is 0.0279. The molecule has 0 aromatic heterocycles. The molecule has 0 spiro atoms. The van der Waals surface area contributed by atoms with E-state index >= 15 is 0 Å². The van der Waals surface area contributed by atoms with Crippen LogP contribution >= 0.6 is 0 Å². The predicted molar refractivity (Wildman–Crippen MR) is 284 cm³/mol. The number of carbonyl (C=O) groups excluding carboxylic acids is 2. The molecule has 3 unspecified atom stereocenters. The molecule has 69 heavy (non-hydrogen) atoms. The molecule has 0 amide bonds. The second-order valence-electron chi connectivity index (χ2n) is 22.7. The molecule has 0 radical (unpaired) electrons. The van der Waals surface area contributed by atoms with E-state index in [1.54, 1.807) is 27.7 Å². The Labute approximate surface area is 425 Å². The fraction of sp³-hybridized carbons (Fsp3) is 0.966. The van der Waals surface area contributed by atoms with Crippen molar-refractivity contribution in [3.05, 3.63) is 0 Å². The lowest BCUT2D eigenvalue weighted by molar-refractivity contribution is -0.179. The lowest BCUT2D eigenvalue weighted by Gasteiger charge is -2.35. The first-order valence-electron chi connectivity index (χ1n) is 28.6. The fourth-order valence-corrected chi connectivity index (χ4v) is 8.20. The number of hydrogen-bond acceptors (Lipinski definition) is 11. The third kappa shape index (κ3) is 40.8. The van der Waals surface area contributed by atoms with Gasteiger partial charge < -0.3 is 43.4 Å². The van der Waals surface area contributed by atoms with E-state index in [0.717, 1.165) is 89.9 Å². The van der Waals surface area contributed by atoms with Gasteiger partial charge in [-0.25, -0.2) is 9.59 Å². The Morgan fingerprint density at radius 1 is 0.420 bits per heavy atom. The van der Waals surface area contributed by atoms with Crippen LogP contribution in [-0.2, 0) is 42.7 Å². The minimum Gasteiger partial charge on any atom is -0.464 e. The Bertz CT molecular complexity index is 1200. The minimum atomic E-state index is -1.07. The number of unbranched alkanes of at least 4 members (excludes halogenated alkanes) is 20. The summed E-state index contributed by atoms with van der Waals surface area (Å²) in [5, 5.41) is 20.3. The van der Waals surface area contributed by atoms with Gasteiger partial charge in [0.05, 0.1) is 69.2 Å². The summed E-state index contributed by atoms with van der Waals surface area (Å²) in [4.78, 5) is 25.9. The summed E-state index contributed by atoms with van der Waals surface area (Å²) < 4.78 is 42.3. The van der Waals surface area contributed by atoms with Crippen molar-refractivity contribution in [2.75, 3.05) is 39.6 Å². The number of aliphatic hydroxyl groups is 2. The summed E-state index contributed by atoms with van der Waals surface area (Å²) in [7, 11) is 0. The highest BCUT2D eigenvalue weighted by molar-refractivity contribution is 5.78. The highest BCUT2D eigenvalue weighted by Crippen LogP contribution is 2.24. The van der Waals surface area contributed by atoms with Crippen LogP contribution in [0.1, 0.15) is 276 Å². The molecular weight excluding hydrogens is 873 g/mol. The lowest BCUT2D eigenvalue weighted by atomic mass is 10.0. The van der Waals surface area contributed by atoms with Crippen LogP contribution in [0.3, 0.4) is 0 Å². The van der Waals surface area contributed by atoms with Gasteiger partial charge in [-0.15, -0.1) is 0 Å². The average Bonchev–Trinajstić information content (AvgIpc) is 3.27. The number of ether oxygens (including phenoxy) is 7. The molecule has 0 aliphatic carbocycles. The third-order valence-electron chi connectivity index (χ3n) is 13.2. The van der Waals surface area contributed by atoms with Gasteiger partial charge in [0.2, 0.25) is 0 Å². The van der Waals surface area contributed by atoms with Crippen molar-refractivity contribution in [1.82, 2.24) is 0 Å². The zero-order chi connectivity index (χ0) is 51.9. The van der Waals surface area contributed by atoms with E-state index < -0.39 is 22.4 Å². The van der Waals surface area contributed by atoms with Crippen LogP contribution in [0.4, 0.5) is 0 Å². The van der Waals surface area contributed by atoms with Gasteiger partial charge in [0.25, 0.3) is 0 Å². The molecule has 0 aromatic carbocycles. The van der Waals surface area contributed by atoms with Gasteiger partial charge in [-0.2, -0.15) is 0 Å². The normalized spacial score (nSPS) is 14.1. The average molecular weight is 988 g/mol. The third-order valence-corrected chi connectivity index (χ3v) is 13.2. The first kappa shape index (κ1) is 67.7. The predicted octanol–water partition coefficient (Wildman–Crippen LogP) is 14.5. The number of carbonyl (C=O) groups is 2. The summed E-state index contributed by atoms with van der Waals surface area (Å²) in [5.41, 5.74) is -3.27. The van der Waals surface area contributed by atoms with Crippen LogP contribution in [0, 0.1) is 0 Å². The molecule has 2 N–H and O–H groups in total. The van der Waals surface area contributed by atoms with Gasteiger partial charge in [0.15, 0.2) is 11.2 Å². The van der Waals surface area contributed by atoms with Crippen molar-refractivity contribution in [2.24, 2.45) is 0 Å². The molecule has 0 heterocycles. The van der Waals surface area contributed by atoms with Crippen LogP contribution in [0.15, 0.2) is 0 Å². The molecule has 0 bridgehead atoms. The standard InChI is InChI=1S/C58H114O11/c1-13-15-17-31-37-50(59)39-33-27-23-19-21-25-29-35-43-63-53(61)57(9,10)66-45-41-55(5,6)68-48-52(47-65-49(3)4)69-56(7,8)42-46-67-58(11,12)54(62)64-44-36-30-26-22-20-24-28-34-40-51(60)38-32-18-16-14-2/h49-52,59-60H,13-48H2,1-12H3. The van der Waals surface area contributed by atoms with E-state index in [0.29, 0.717) is 52.5 Å². The highest BCUT2D eigenvalue weighted by Gasteiger charge is 2.34. The Hall–Kier alpha value is -1.34. The van der Waals surface area contributed by atoms with Crippen LogP contribution in [0.25, 0.3) is 0 Å². The quantitative estimate of drug-likeness (QED) is 0.0445. The molecular formula is C58H114O11. The molecule has 11 heteroatoms. The summed E-state index contributed by atoms with van der Waals surface area (Å²) in [5.74, 6) is -0.698. The smallest absolute Gasteiger partial charge is 0.337 e. The second-order valence-corrected chi connectivity index (χ2v) is 22.7. The molecule has 0 saturated heterocycles. The molecule has 0 fully saturated rings. The topological polar surface area (TPSA) is 139 Å². The van der Waals surface area contributed by atoms with Crippen molar-refractivity contribution < 1.29 is 53.0 Å². The number of esters is 2. The van der Waals surface area contributed by atoms with E-state index in [1.807, 2.05) is 41.5 Å². The molecule has 3 atom stereocenters. The molecule has 0 saturated carbocycles. The zero-order valence-corrected chi connectivity index (χ0v) is 47.3. The number of aliphatic hydroxyl groups excluding tert-OH is 2. The molecule has 11 nitrogen and oxygen atoms in total. The molecule has 0 rings (SSSR count). The first-order valence-corrected chi connectivity index (χ1v) is 28.6. The molecule has 0 aliphatic rings. The maximum absolute atomic E-state index is 12.9. The highest BCUT2D eigenvalue weighted by atomic mass is 16.6. The first-order chi connectivity index (χ1) is 32.7. The Balaban J connectivity index is 4.43. The van der Waals surface area contributed by atoms with E-state index in [-0.39, 0.29) is 36.4 Å². The Morgan fingerprint density at radius 3 is 1.12 bits per heavy atom. The summed E-state index contributed by atoms with van der Waals surface area (Å²) >= 11 is 0. The van der Waals surface area contributed by atoms with E-state index in [9.17, 15) is 19.8 Å². The van der Waals surface area contributed by atoms with Gasteiger partial charge in [0, 0.05) is 0 Å². The maximum Gasteiger partial charge on any atom is 0.337 e.